The van der Waals surface area contributed by atoms with Crippen LogP contribution in [0.5, 0.6) is 0 Å². The summed E-state index contributed by atoms with van der Waals surface area (Å²) in [5.41, 5.74) is 1.46. The van der Waals surface area contributed by atoms with Gasteiger partial charge in [0.15, 0.2) is 0 Å². The maximum Gasteiger partial charge on any atom is 0.0672 e. The van der Waals surface area contributed by atoms with Crippen LogP contribution in [0.1, 0.15) is 50.5 Å². The third-order valence-electron chi connectivity index (χ3n) is 5.41. The zero-order valence-electron chi connectivity index (χ0n) is 13.0. The molecule has 1 aliphatic heterocycles. The molecule has 0 spiro atoms. The van der Waals surface area contributed by atoms with Crippen molar-refractivity contribution < 1.29 is 0 Å². The number of rotatable bonds is 2. The Morgan fingerprint density at radius 1 is 1.14 bits per heavy atom. The normalized spacial score (nSPS) is 34.3. The molecule has 1 saturated carbocycles. The average molecular weight is 282 g/mol. The zero-order valence-corrected chi connectivity index (χ0v) is 13.0. The van der Waals surface area contributed by atoms with Crippen LogP contribution in [-0.2, 0) is 0 Å². The summed E-state index contributed by atoms with van der Waals surface area (Å²) in [5, 5.41) is 9.54. The molecule has 0 radical (unpaired) electrons. The van der Waals surface area contributed by atoms with Gasteiger partial charge in [0.25, 0.3) is 0 Å². The van der Waals surface area contributed by atoms with Crippen molar-refractivity contribution in [2.45, 2.75) is 51.0 Å². The fourth-order valence-corrected chi connectivity index (χ4v) is 4.26. The van der Waals surface area contributed by atoms with Crippen LogP contribution in [0, 0.1) is 23.2 Å². The van der Waals surface area contributed by atoms with Crippen LogP contribution in [0.4, 0.5) is 0 Å². The minimum absolute atomic E-state index is 0.232. The summed E-state index contributed by atoms with van der Waals surface area (Å²) >= 11 is 0. The molecule has 0 N–H and O–H groups in total. The Morgan fingerprint density at radius 3 is 2.67 bits per heavy atom. The minimum atomic E-state index is 0.232. The molecule has 3 rings (SSSR count). The van der Waals surface area contributed by atoms with Crippen molar-refractivity contribution in [3.8, 4) is 6.07 Å². The van der Waals surface area contributed by atoms with E-state index in [1.165, 1.54) is 37.9 Å². The van der Waals surface area contributed by atoms with Gasteiger partial charge in [0.05, 0.1) is 12.0 Å². The molecule has 4 atom stereocenters. The highest BCUT2D eigenvalue weighted by molar-refractivity contribution is 5.21. The molecule has 4 unspecified atom stereocenters. The van der Waals surface area contributed by atoms with E-state index >= 15 is 0 Å². The fourth-order valence-electron chi connectivity index (χ4n) is 4.26. The van der Waals surface area contributed by atoms with Crippen molar-refractivity contribution in [2.24, 2.45) is 11.8 Å². The summed E-state index contributed by atoms with van der Waals surface area (Å²) in [5.74, 6) is 1.66. The first-order valence-corrected chi connectivity index (χ1v) is 8.46. The standard InChI is InChI=1S/C19H26N2/c1-15-6-5-11-21(14-15)19-12-17(9-10-18(19)13-20)16-7-3-2-4-8-16/h2-4,7-8,15,17-19H,5-6,9-12,14H2,1H3. The average Bonchev–Trinajstić information content (AvgIpc) is 2.55. The second-order valence-corrected chi connectivity index (χ2v) is 6.97. The summed E-state index contributed by atoms with van der Waals surface area (Å²) in [4.78, 5) is 2.62. The number of piperidine rings is 1. The molecule has 2 fully saturated rings. The zero-order chi connectivity index (χ0) is 14.7. The van der Waals surface area contributed by atoms with E-state index in [2.05, 4.69) is 48.2 Å². The molecule has 0 amide bonds. The lowest BCUT2D eigenvalue weighted by Crippen LogP contribution is -2.47. The Balaban J connectivity index is 1.74. The Kier molecular flexibility index (Phi) is 4.60. The molecule has 1 aromatic rings. The predicted octanol–water partition coefficient (Wildman–Crippen LogP) is 4.19. The van der Waals surface area contributed by atoms with Crippen LogP contribution in [-0.4, -0.2) is 24.0 Å². The minimum Gasteiger partial charge on any atom is -0.299 e. The van der Waals surface area contributed by atoms with Gasteiger partial charge in [0, 0.05) is 12.6 Å². The van der Waals surface area contributed by atoms with Crippen molar-refractivity contribution >= 4 is 0 Å². The van der Waals surface area contributed by atoms with Gasteiger partial charge in [-0.2, -0.15) is 5.26 Å². The van der Waals surface area contributed by atoms with E-state index < -0.39 is 0 Å². The number of benzene rings is 1. The van der Waals surface area contributed by atoms with Crippen LogP contribution >= 0.6 is 0 Å². The van der Waals surface area contributed by atoms with Crippen molar-refractivity contribution in [3.63, 3.8) is 0 Å². The molecular formula is C19H26N2. The summed E-state index contributed by atoms with van der Waals surface area (Å²) in [6.45, 7) is 4.73. The van der Waals surface area contributed by atoms with Crippen molar-refractivity contribution in [1.29, 1.82) is 5.26 Å². The largest absolute Gasteiger partial charge is 0.299 e. The molecule has 0 aromatic heterocycles. The van der Waals surface area contributed by atoms with Gasteiger partial charge in [0.1, 0.15) is 0 Å². The monoisotopic (exact) mass is 282 g/mol. The molecule has 2 aliphatic rings. The second kappa shape index (κ2) is 6.62. The number of hydrogen-bond acceptors (Lipinski definition) is 2. The van der Waals surface area contributed by atoms with Gasteiger partial charge < -0.3 is 0 Å². The molecule has 21 heavy (non-hydrogen) atoms. The van der Waals surface area contributed by atoms with Crippen molar-refractivity contribution in [3.05, 3.63) is 35.9 Å². The first-order valence-electron chi connectivity index (χ1n) is 8.46. The van der Waals surface area contributed by atoms with Gasteiger partial charge in [-0.05, 0) is 56.0 Å². The molecule has 1 aliphatic carbocycles. The Morgan fingerprint density at radius 2 is 1.95 bits per heavy atom. The Hall–Kier alpha value is -1.33. The molecule has 1 saturated heterocycles. The first-order chi connectivity index (χ1) is 10.3. The highest BCUT2D eigenvalue weighted by Gasteiger charge is 2.36. The lowest BCUT2D eigenvalue weighted by atomic mass is 9.75. The summed E-state index contributed by atoms with van der Waals surface area (Å²) in [6.07, 6.45) is 6.04. The van der Waals surface area contributed by atoms with Crippen LogP contribution in [0.2, 0.25) is 0 Å². The van der Waals surface area contributed by atoms with Gasteiger partial charge in [-0.3, -0.25) is 4.90 Å². The third kappa shape index (κ3) is 3.30. The van der Waals surface area contributed by atoms with Crippen LogP contribution in [0.25, 0.3) is 0 Å². The molecular weight excluding hydrogens is 256 g/mol. The van der Waals surface area contributed by atoms with E-state index in [4.69, 9.17) is 0 Å². The topological polar surface area (TPSA) is 27.0 Å². The quantitative estimate of drug-likeness (QED) is 0.813. The van der Waals surface area contributed by atoms with Gasteiger partial charge in [-0.25, -0.2) is 0 Å². The number of hydrogen-bond donors (Lipinski definition) is 0. The fraction of sp³-hybridized carbons (Fsp3) is 0.632. The second-order valence-electron chi connectivity index (χ2n) is 6.97. The van der Waals surface area contributed by atoms with E-state index in [1.807, 2.05) is 0 Å². The van der Waals surface area contributed by atoms with E-state index in [-0.39, 0.29) is 5.92 Å². The van der Waals surface area contributed by atoms with Gasteiger partial charge >= 0.3 is 0 Å². The first kappa shape index (κ1) is 14.6. The van der Waals surface area contributed by atoms with E-state index in [0.29, 0.717) is 12.0 Å². The van der Waals surface area contributed by atoms with E-state index in [0.717, 1.165) is 18.8 Å². The van der Waals surface area contributed by atoms with E-state index in [9.17, 15) is 5.26 Å². The van der Waals surface area contributed by atoms with Gasteiger partial charge in [-0.15, -0.1) is 0 Å². The van der Waals surface area contributed by atoms with Crippen LogP contribution < -0.4 is 0 Å². The number of likely N-dealkylation sites (tertiary alicyclic amines) is 1. The molecule has 1 aromatic carbocycles. The molecule has 0 bridgehead atoms. The summed E-state index contributed by atoms with van der Waals surface area (Å²) in [6, 6.07) is 14.0. The Labute approximate surface area is 128 Å². The molecule has 112 valence electrons. The highest BCUT2D eigenvalue weighted by atomic mass is 15.2. The maximum atomic E-state index is 9.54. The number of nitriles is 1. The lowest BCUT2D eigenvalue weighted by Gasteiger charge is -2.43. The maximum absolute atomic E-state index is 9.54. The SMILES string of the molecule is CC1CCCN(C2CC(c3ccccc3)CCC2C#N)C1. The highest BCUT2D eigenvalue weighted by Crippen LogP contribution is 2.39. The van der Waals surface area contributed by atoms with Gasteiger partial charge in [-0.1, -0.05) is 37.3 Å². The number of nitrogens with zero attached hydrogens (tertiary/aromatic N) is 2. The van der Waals surface area contributed by atoms with Crippen molar-refractivity contribution in [2.75, 3.05) is 13.1 Å². The lowest BCUT2D eigenvalue weighted by molar-refractivity contribution is 0.0763. The molecule has 2 nitrogen and oxygen atoms in total. The van der Waals surface area contributed by atoms with Crippen LogP contribution in [0.3, 0.4) is 0 Å². The third-order valence-corrected chi connectivity index (χ3v) is 5.41. The summed E-state index contributed by atoms with van der Waals surface area (Å²) < 4.78 is 0. The van der Waals surface area contributed by atoms with Crippen LogP contribution in [0.15, 0.2) is 30.3 Å². The van der Waals surface area contributed by atoms with Crippen molar-refractivity contribution in [1.82, 2.24) is 4.90 Å². The smallest absolute Gasteiger partial charge is 0.0672 e. The van der Waals surface area contributed by atoms with Gasteiger partial charge in [0.2, 0.25) is 0 Å². The summed E-state index contributed by atoms with van der Waals surface area (Å²) in [7, 11) is 0. The predicted molar refractivity (Wildman–Crippen MR) is 85.9 cm³/mol. The van der Waals surface area contributed by atoms with E-state index in [1.54, 1.807) is 0 Å². The Bertz CT molecular complexity index is 490. The molecule has 1 heterocycles. The molecule has 2 heteroatoms.